The van der Waals surface area contributed by atoms with Crippen LogP contribution in [0.1, 0.15) is 17.2 Å². The van der Waals surface area contributed by atoms with E-state index in [0.717, 1.165) is 5.56 Å². The van der Waals surface area contributed by atoms with Gasteiger partial charge < -0.3 is 5.32 Å². The van der Waals surface area contributed by atoms with Gasteiger partial charge in [-0.3, -0.25) is 0 Å². The quantitative estimate of drug-likeness (QED) is 0.677. The molecule has 3 aromatic carbocycles. The van der Waals surface area contributed by atoms with Crippen molar-refractivity contribution < 1.29 is 0 Å². The zero-order chi connectivity index (χ0) is 14.8. The Morgan fingerprint density at radius 3 is 2.38 bits per heavy atom. The highest BCUT2D eigenvalue weighted by Gasteiger charge is 2.15. The molecule has 0 bridgehead atoms. The molecule has 3 rings (SSSR count). The maximum atomic E-state index is 6.16. The number of nitrogens with one attached hydrogen (secondary N) is 1. The molecule has 106 valence electrons. The predicted molar refractivity (Wildman–Crippen MR) is 91.3 cm³/mol. The second-order valence-corrected chi connectivity index (χ2v) is 5.78. The number of halogens is 2. The van der Waals surface area contributed by atoms with Crippen molar-refractivity contribution in [3.63, 3.8) is 0 Å². The van der Waals surface area contributed by atoms with E-state index in [1.165, 1.54) is 16.3 Å². The fourth-order valence-corrected chi connectivity index (χ4v) is 3.00. The van der Waals surface area contributed by atoms with E-state index >= 15 is 0 Å². The average molecular weight is 316 g/mol. The maximum Gasteiger partial charge on any atom is 0.0595 e. The third kappa shape index (κ3) is 2.77. The highest BCUT2D eigenvalue weighted by Crippen LogP contribution is 2.32. The van der Waals surface area contributed by atoms with Gasteiger partial charge in [-0.2, -0.15) is 0 Å². The summed E-state index contributed by atoms with van der Waals surface area (Å²) in [5.74, 6) is 0. The van der Waals surface area contributed by atoms with Gasteiger partial charge >= 0.3 is 0 Å². The molecule has 21 heavy (non-hydrogen) atoms. The van der Waals surface area contributed by atoms with Crippen molar-refractivity contribution in [3.05, 3.63) is 81.8 Å². The van der Waals surface area contributed by atoms with Gasteiger partial charge in [-0.1, -0.05) is 71.7 Å². The monoisotopic (exact) mass is 315 g/mol. The van der Waals surface area contributed by atoms with Crippen molar-refractivity contribution >= 4 is 34.0 Å². The van der Waals surface area contributed by atoms with Crippen LogP contribution in [0.3, 0.4) is 0 Å². The van der Waals surface area contributed by atoms with Crippen molar-refractivity contribution in [2.75, 3.05) is 7.05 Å². The summed E-state index contributed by atoms with van der Waals surface area (Å²) in [4.78, 5) is 0. The highest BCUT2D eigenvalue weighted by atomic mass is 35.5. The first-order valence-electron chi connectivity index (χ1n) is 6.80. The lowest BCUT2D eigenvalue weighted by Gasteiger charge is -2.20. The molecule has 0 aliphatic rings. The SMILES string of the molecule is CNC(c1ccc(Cl)c(Cl)c1)c1cccc2ccccc12. The third-order valence-electron chi connectivity index (χ3n) is 3.70. The van der Waals surface area contributed by atoms with Crippen molar-refractivity contribution in [2.24, 2.45) is 0 Å². The molecule has 1 atom stereocenters. The van der Waals surface area contributed by atoms with Gasteiger partial charge in [0.25, 0.3) is 0 Å². The Bertz CT molecular complexity index is 778. The molecule has 1 nitrogen and oxygen atoms in total. The Labute approximate surface area is 134 Å². The number of rotatable bonds is 3. The van der Waals surface area contributed by atoms with Crippen molar-refractivity contribution in [1.82, 2.24) is 5.32 Å². The molecule has 0 radical (unpaired) electrons. The zero-order valence-electron chi connectivity index (χ0n) is 11.6. The van der Waals surface area contributed by atoms with Gasteiger partial charge in [0, 0.05) is 0 Å². The summed E-state index contributed by atoms with van der Waals surface area (Å²) in [6.45, 7) is 0. The third-order valence-corrected chi connectivity index (χ3v) is 4.44. The largest absolute Gasteiger partial charge is 0.309 e. The van der Waals surface area contributed by atoms with Gasteiger partial charge in [-0.15, -0.1) is 0 Å². The molecular weight excluding hydrogens is 301 g/mol. The molecule has 0 aliphatic heterocycles. The van der Waals surface area contributed by atoms with Crippen LogP contribution in [0.25, 0.3) is 10.8 Å². The molecule has 0 aromatic heterocycles. The van der Waals surface area contributed by atoms with E-state index in [4.69, 9.17) is 23.2 Å². The van der Waals surface area contributed by atoms with E-state index in [2.05, 4.69) is 47.8 Å². The van der Waals surface area contributed by atoms with E-state index < -0.39 is 0 Å². The van der Waals surface area contributed by atoms with Gasteiger partial charge in [0.2, 0.25) is 0 Å². The van der Waals surface area contributed by atoms with Crippen LogP contribution in [0.5, 0.6) is 0 Å². The van der Waals surface area contributed by atoms with Gasteiger partial charge in [-0.05, 0) is 41.1 Å². The van der Waals surface area contributed by atoms with Crippen molar-refractivity contribution in [3.8, 4) is 0 Å². The van der Waals surface area contributed by atoms with Crippen LogP contribution < -0.4 is 5.32 Å². The lowest BCUT2D eigenvalue weighted by Crippen LogP contribution is -2.18. The fraction of sp³-hybridized carbons (Fsp3) is 0.111. The minimum Gasteiger partial charge on any atom is -0.309 e. The lowest BCUT2D eigenvalue weighted by molar-refractivity contribution is 0.697. The van der Waals surface area contributed by atoms with E-state index in [0.29, 0.717) is 10.0 Å². The molecule has 1 N–H and O–H groups in total. The second kappa shape index (κ2) is 6.07. The Kier molecular flexibility index (Phi) is 4.16. The molecular formula is C18H15Cl2N. The van der Waals surface area contributed by atoms with Crippen LogP contribution in [-0.2, 0) is 0 Å². The Morgan fingerprint density at radius 2 is 1.62 bits per heavy atom. The molecule has 0 heterocycles. The minimum absolute atomic E-state index is 0.0749. The fourth-order valence-electron chi connectivity index (χ4n) is 2.70. The van der Waals surface area contributed by atoms with Crippen molar-refractivity contribution in [2.45, 2.75) is 6.04 Å². The number of hydrogen-bond acceptors (Lipinski definition) is 1. The summed E-state index contributed by atoms with van der Waals surface area (Å²) in [6, 6.07) is 20.6. The maximum absolute atomic E-state index is 6.16. The standard InChI is InChI=1S/C18H15Cl2N/c1-21-18(13-9-10-16(19)17(20)11-13)15-8-4-6-12-5-2-3-7-14(12)15/h2-11,18,21H,1H3. The van der Waals surface area contributed by atoms with E-state index in [1.54, 1.807) is 0 Å². The first-order chi connectivity index (χ1) is 10.2. The first-order valence-corrected chi connectivity index (χ1v) is 7.56. The molecule has 0 fully saturated rings. The molecule has 3 aromatic rings. The van der Waals surface area contributed by atoms with Crippen molar-refractivity contribution in [1.29, 1.82) is 0 Å². The zero-order valence-corrected chi connectivity index (χ0v) is 13.1. The number of fused-ring (bicyclic) bond motifs is 1. The van der Waals surface area contributed by atoms with Gasteiger partial charge in [0.05, 0.1) is 16.1 Å². The number of benzene rings is 3. The summed E-state index contributed by atoms with van der Waals surface area (Å²) < 4.78 is 0. The molecule has 1 unspecified atom stereocenters. The van der Waals surface area contributed by atoms with Crippen LogP contribution in [0.2, 0.25) is 10.0 Å². The molecule has 0 spiro atoms. The molecule has 0 aliphatic carbocycles. The number of hydrogen-bond donors (Lipinski definition) is 1. The average Bonchev–Trinajstić information content (AvgIpc) is 2.52. The summed E-state index contributed by atoms with van der Waals surface area (Å²) in [5.41, 5.74) is 2.33. The van der Waals surface area contributed by atoms with Crippen LogP contribution in [0.15, 0.2) is 60.7 Å². The minimum atomic E-state index is 0.0749. The molecule has 0 amide bonds. The lowest BCUT2D eigenvalue weighted by atomic mass is 9.94. The van der Waals surface area contributed by atoms with E-state index in [1.807, 2.05) is 25.2 Å². The first kappa shape index (κ1) is 14.4. The molecule has 0 saturated heterocycles. The van der Waals surface area contributed by atoms with Crippen LogP contribution >= 0.6 is 23.2 Å². The smallest absolute Gasteiger partial charge is 0.0595 e. The Morgan fingerprint density at radius 1 is 0.857 bits per heavy atom. The Hall–Kier alpha value is -1.54. The van der Waals surface area contributed by atoms with Crippen LogP contribution in [0, 0.1) is 0 Å². The normalized spacial score (nSPS) is 12.5. The van der Waals surface area contributed by atoms with Crippen LogP contribution in [-0.4, -0.2) is 7.05 Å². The summed E-state index contributed by atoms with van der Waals surface area (Å²) in [5, 5.41) is 7.00. The Balaban J connectivity index is 2.16. The summed E-state index contributed by atoms with van der Waals surface area (Å²) in [6.07, 6.45) is 0. The van der Waals surface area contributed by atoms with E-state index in [9.17, 15) is 0 Å². The summed E-state index contributed by atoms with van der Waals surface area (Å²) >= 11 is 12.2. The van der Waals surface area contributed by atoms with E-state index in [-0.39, 0.29) is 6.04 Å². The summed E-state index contributed by atoms with van der Waals surface area (Å²) in [7, 11) is 1.95. The van der Waals surface area contributed by atoms with Gasteiger partial charge in [0.15, 0.2) is 0 Å². The van der Waals surface area contributed by atoms with Gasteiger partial charge in [0.1, 0.15) is 0 Å². The second-order valence-electron chi connectivity index (χ2n) is 4.96. The van der Waals surface area contributed by atoms with Gasteiger partial charge in [-0.25, -0.2) is 0 Å². The molecule has 0 saturated carbocycles. The highest BCUT2D eigenvalue weighted by molar-refractivity contribution is 6.42. The molecule has 3 heteroatoms. The van der Waals surface area contributed by atoms with Crippen LogP contribution in [0.4, 0.5) is 0 Å². The predicted octanol–water partition coefficient (Wildman–Crippen LogP) is 5.46. The topological polar surface area (TPSA) is 12.0 Å².